The minimum atomic E-state index is -4.42. The summed E-state index contributed by atoms with van der Waals surface area (Å²) in [6, 6.07) is 10.5. The molecule has 164 valence electrons. The predicted octanol–water partition coefficient (Wildman–Crippen LogP) is 3.88. The number of hydrogen-bond donors (Lipinski definition) is 2. The largest absolute Gasteiger partial charge is 0.416 e. The van der Waals surface area contributed by atoms with E-state index in [1.54, 1.807) is 23.1 Å². The predicted molar refractivity (Wildman–Crippen MR) is 115 cm³/mol. The van der Waals surface area contributed by atoms with Gasteiger partial charge in [0, 0.05) is 30.2 Å². The van der Waals surface area contributed by atoms with Crippen LogP contribution in [0.1, 0.15) is 35.2 Å². The summed E-state index contributed by atoms with van der Waals surface area (Å²) in [6.45, 7) is 2.13. The molecule has 1 unspecified atom stereocenters. The van der Waals surface area contributed by atoms with Crippen LogP contribution in [0.5, 0.6) is 0 Å². The smallest absolute Gasteiger partial charge is 0.398 e. The lowest BCUT2D eigenvalue weighted by Gasteiger charge is -2.29. The van der Waals surface area contributed by atoms with Crippen molar-refractivity contribution in [3.8, 4) is 0 Å². The fraction of sp³-hybridized carbons (Fsp3) is 0.364. The monoisotopic (exact) mass is 431 g/mol. The number of halogens is 3. The number of amides is 1. The van der Waals surface area contributed by atoms with Gasteiger partial charge >= 0.3 is 6.18 Å². The molecule has 0 spiro atoms. The molecular formula is C22H24F3N5O. The van der Waals surface area contributed by atoms with Gasteiger partial charge in [-0.1, -0.05) is 6.07 Å². The second kappa shape index (κ2) is 8.49. The van der Waals surface area contributed by atoms with Crippen molar-refractivity contribution in [1.82, 2.24) is 5.32 Å². The molecule has 2 aliphatic heterocycles. The standard InChI is InChI=1S/C22H24F3N5O/c23-22(24,25)15-5-4-6-16(11-15)30-13-20(27-14-30)28-21(31)18-12-17(7-8-19(18)26)29-9-2-1-3-10-29/h4-8,11-12,14,20H,1-3,9-10,13,26H2,(H,28,31). The highest BCUT2D eigenvalue weighted by Gasteiger charge is 2.31. The molecule has 2 aliphatic rings. The van der Waals surface area contributed by atoms with E-state index in [4.69, 9.17) is 5.73 Å². The maximum absolute atomic E-state index is 13.0. The minimum Gasteiger partial charge on any atom is -0.398 e. The van der Waals surface area contributed by atoms with E-state index in [9.17, 15) is 18.0 Å². The zero-order chi connectivity index (χ0) is 22.0. The molecule has 0 aliphatic carbocycles. The van der Waals surface area contributed by atoms with Crippen LogP contribution in [0.4, 0.5) is 30.2 Å². The number of carbonyl (C=O) groups is 1. The number of nitrogen functional groups attached to an aromatic ring is 1. The van der Waals surface area contributed by atoms with E-state index in [0.717, 1.165) is 43.8 Å². The number of alkyl halides is 3. The van der Waals surface area contributed by atoms with Crippen molar-refractivity contribution in [3.63, 3.8) is 0 Å². The van der Waals surface area contributed by atoms with Crippen molar-refractivity contribution in [2.75, 3.05) is 35.2 Å². The van der Waals surface area contributed by atoms with Crippen molar-refractivity contribution in [2.45, 2.75) is 31.6 Å². The maximum Gasteiger partial charge on any atom is 0.416 e. The van der Waals surface area contributed by atoms with Gasteiger partial charge < -0.3 is 20.9 Å². The lowest BCUT2D eigenvalue weighted by Crippen LogP contribution is -2.38. The van der Waals surface area contributed by atoms with E-state index in [-0.39, 0.29) is 12.5 Å². The molecule has 2 aromatic carbocycles. The average Bonchev–Trinajstić information content (AvgIpc) is 3.22. The topological polar surface area (TPSA) is 74.0 Å². The van der Waals surface area contributed by atoms with Gasteiger partial charge in [-0.15, -0.1) is 0 Å². The van der Waals surface area contributed by atoms with Gasteiger partial charge in [0.25, 0.3) is 5.91 Å². The molecule has 6 nitrogen and oxygen atoms in total. The van der Waals surface area contributed by atoms with E-state index in [1.165, 1.54) is 18.8 Å². The van der Waals surface area contributed by atoms with E-state index < -0.39 is 17.9 Å². The Morgan fingerprint density at radius 2 is 1.84 bits per heavy atom. The number of carbonyl (C=O) groups excluding carboxylic acids is 1. The molecule has 2 heterocycles. The Kier molecular flexibility index (Phi) is 5.75. The van der Waals surface area contributed by atoms with Crippen LogP contribution in [0.2, 0.25) is 0 Å². The average molecular weight is 431 g/mol. The molecule has 1 atom stereocenters. The quantitative estimate of drug-likeness (QED) is 0.721. The summed E-state index contributed by atoms with van der Waals surface area (Å²) in [6.07, 6.45) is -0.117. The first-order valence-corrected chi connectivity index (χ1v) is 10.2. The van der Waals surface area contributed by atoms with Gasteiger partial charge in [-0.25, -0.2) is 4.99 Å². The number of anilines is 3. The normalized spacial score (nSPS) is 19.0. The molecule has 0 radical (unpaired) electrons. The van der Waals surface area contributed by atoms with E-state index in [2.05, 4.69) is 15.2 Å². The van der Waals surface area contributed by atoms with Crippen molar-refractivity contribution < 1.29 is 18.0 Å². The van der Waals surface area contributed by atoms with Gasteiger partial charge in [0.05, 0.1) is 24.0 Å². The Balaban J connectivity index is 1.43. The number of benzene rings is 2. The molecule has 4 rings (SSSR count). The van der Waals surface area contributed by atoms with Gasteiger partial charge in [-0.3, -0.25) is 4.79 Å². The van der Waals surface area contributed by atoms with Crippen molar-refractivity contribution in [2.24, 2.45) is 4.99 Å². The number of nitrogens with two attached hydrogens (primary N) is 1. The highest BCUT2D eigenvalue weighted by atomic mass is 19.4. The molecule has 2 aromatic rings. The minimum absolute atomic E-state index is 0.235. The van der Waals surface area contributed by atoms with Crippen molar-refractivity contribution >= 4 is 29.3 Å². The molecule has 0 bridgehead atoms. The summed E-state index contributed by atoms with van der Waals surface area (Å²) < 4.78 is 38.9. The number of piperidine rings is 1. The Morgan fingerprint density at radius 3 is 2.58 bits per heavy atom. The lowest BCUT2D eigenvalue weighted by molar-refractivity contribution is -0.137. The molecule has 1 fully saturated rings. The molecule has 0 saturated carbocycles. The summed E-state index contributed by atoms with van der Waals surface area (Å²) in [4.78, 5) is 20.9. The lowest BCUT2D eigenvalue weighted by atomic mass is 10.1. The molecule has 1 saturated heterocycles. The molecule has 3 N–H and O–H groups in total. The Bertz CT molecular complexity index is 985. The first kappa shape index (κ1) is 21.0. The van der Waals surface area contributed by atoms with Gasteiger partial charge in [-0.05, 0) is 55.7 Å². The van der Waals surface area contributed by atoms with Crippen LogP contribution < -0.4 is 20.9 Å². The number of aliphatic imine (C=N–C) groups is 1. The summed E-state index contributed by atoms with van der Waals surface area (Å²) in [5.74, 6) is -0.357. The van der Waals surface area contributed by atoms with Gasteiger partial charge in [-0.2, -0.15) is 13.2 Å². The molecule has 31 heavy (non-hydrogen) atoms. The molecule has 0 aromatic heterocycles. The van der Waals surface area contributed by atoms with Crippen LogP contribution in [-0.2, 0) is 6.18 Å². The van der Waals surface area contributed by atoms with Gasteiger partial charge in [0.1, 0.15) is 6.17 Å². The van der Waals surface area contributed by atoms with Crippen molar-refractivity contribution in [1.29, 1.82) is 0 Å². The Morgan fingerprint density at radius 1 is 1.06 bits per heavy atom. The number of nitrogens with one attached hydrogen (secondary N) is 1. The summed E-state index contributed by atoms with van der Waals surface area (Å²) in [5, 5.41) is 2.81. The number of nitrogens with zero attached hydrogens (tertiary/aromatic N) is 3. The maximum atomic E-state index is 13.0. The van der Waals surface area contributed by atoms with Crippen LogP contribution in [-0.4, -0.2) is 38.0 Å². The number of rotatable bonds is 4. The third-order valence-corrected chi connectivity index (χ3v) is 5.56. The van der Waals surface area contributed by atoms with Crippen molar-refractivity contribution in [3.05, 3.63) is 53.6 Å². The van der Waals surface area contributed by atoms with Gasteiger partial charge in [0.15, 0.2) is 0 Å². The van der Waals surface area contributed by atoms with Crippen LogP contribution in [0.25, 0.3) is 0 Å². The highest BCUT2D eigenvalue weighted by Crippen LogP contribution is 2.32. The molecular weight excluding hydrogens is 407 g/mol. The highest BCUT2D eigenvalue weighted by molar-refractivity contribution is 6.00. The third kappa shape index (κ3) is 4.76. The SMILES string of the molecule is Nc1ccc(N2CCCCC2)cc1C(=O)NC1CN(c2cccc(C(F)(F)F)c2)C=N1. The fourth-order valence-corrected chi connectivity index (χ4v) is 3.88. The Hall–Kier alpha value is -3.23. The van der Waals surface area contributed by atoms with Crippen LogP contribution in [0.15, 0.2) is 47.5 Å². The zero-order valence-electron chi connectivity index (χ0n) is 16.9. The van der Waals surface area contributed by atoms with Crippen LogP contribution in [0.3, 0.4) is 0 Å². The van der Waals surface area contributed by atoms with E-state index in [0.29, 0.717) is 16.9 Å². The second-order valence-corrected chi connectivity index (χ2v) is 7.77. The summed E-state index contributed by atoms with van der Waals surface area (Å²) in [5.41, 5.74) is 7.37. The summed E-state index contributed by atoms with van der Waals surface area (Å²) in [7, 11) is 0. The molecule has 9 heteroatoms. The zero-order valence-corrected chi connectivity index (χ0v) is 16.9. The first-order valence-electron chi connectivity index (χ1n) is 10.2. The van der Waals surface area contributed by atoms with Crippen LogP contribution in [0, 0.1) is 0 Å². The van der Waals surface area contributed by atoms with E-state index in [1.807, 2.05) is 6.07 Å². The molecule has 1 amide bonds. The Labute approximate surface area is 178 Å². The number of hydrogen-bond acceptors (Lipinski definition) is 5. The second-order valence-electron chi connectivity index (χ2n) is 7.77. The fourth-order valence-electron chi connectivity index (χ4n) is 3.88. The van der Waals surface area contributed by atoms with E-state index >= 15 is 0 Å². The third-order valence-electron chi connectivity index (χ3n) is 5.56. The van der Waals surface area contributed by atoms with Crippen LogP contribution >= 0.6 is 0 Å². The summed E-state index contributed by atoms with van der Waals surface area (Å²) >= 11 is 0. The first-order chi connectivity index (χ1) is 14.8. The van der Waals surface area contributed by atoms with Gasteiger partial charge in [0.2, 0.25) is 0 Å².